The number of carbonyl (C=O) groups is 1. The number of fused-ring (bicyclic) bond motifs is 1. The predicted molar refractivity (Wildman–Crippen MR) is 84.3 cm³/mol. The fraction of sp³-hybridized carbons (Fsp3) is 0.938. The molecule has 3 aliphatic rings. The number of piperidine rings is 1. The molecule has 120 valence electrons. The summed E-state index contributed by atoms with van der Waals surface area (Å²) < 4.78 is 0. The van der Waals surface area contributed by atoms with Gasteiger partial charge in [-0.1, -0.05) is 13.8 Å². The van der Waals surface area contributed by atoms with Crippen molar-refractivity contribution >= 4 is 6.03 Å². The van der Waals surface area contributed by atoms with Crippen LogP contribution in [0.4, 0.5) is 4.79 Å². The molecule has 0 aromatic carbocycles. The Labute approximate surface area is 128 Å². The van der Waals surface area contributed by atoms with Crippen LogP contribution in [0.3, 0.4) is 0 Å². The number of nitrogens with zero attached hydrogens (tertiary/aromatic N) is 3. The van der Waals surface area contributed by atoms with Crippen molar-refractivity contribution in [1.82, 2.24) is 20.0 Å². The maximum atomic E-state index is 12.4. The van der Waals surface area contributed by atoms with Gasteiger partial charge in [-0.15, -0.1) is 0 Å². The minimum atomic E-state index is 0.273. The average molecular weight is 294 g/mol. The predicted octanol–water partition coefficient (Wildman–Crippen LogP) is 1.06. The van der Waals surface area contributed by atoms with Crippen LogP contribution in [0.25, 0.3) is 0 Å². The molecule has 0 aliphatic carbocycles. The van der Waals surface area contributed by atoms with Crippen LogP contribution in [0, 0.1) is 11.8 Å². The van der Waals surface area contributed by atoms with Crippen molar-refractivity contribution in [3.8, 4) is 0 Å². The molecule has 3 rings (SSSR count). The topological polar surface area (TPSA) is 38.8 Å². The van der Waals surface area contributed by atoms with E-state index >= 15 is 0 Å². The van der Waals surface area contributed by atoms with Crippen LogP contribution < -0.4 is 5.32 Å². The van der Waals surface area contributed by atoms with E-state index in [1.54, 1.807) is 0 Å². The van der Waals surface area contributed by atoms with Gasteiger partial charge in [-0.25, -0.2) is 4.79 Å². The molecule has 5 heteroatoms. The van der Waals surface area contributed by atoms with Crippen molar-refractivity contribution in [2.45, 2.75) is 32.7 Å². The average Bonchev–Trinajstić information content (AvgIpc) is 2.75. The number of rotatable bonds is 4. The molecule has 3 fully saturated rings. The highest BCUT2D eigenvalue weighted by Gasteiger charge is 2.40. The Bertz CT molecular complexity index is 367. The van der Waals surface area contributed by atoms with Gasteiger partial charge in [-0.2, -0.15) is 0 Å². The summed E-state index contributed by atoms with van der Waals surface area (Å²) in [5.41, 5.74) is 0. The van der Waals surface area contributed by atoms with Gasteiger partial charge in [0.25, 0.3) is 0 Å². The standard InChI is InChI=1S/C16H30N4O/c1-13(2)9-19-12-15-11-18(7-8-20(15)16(19)21)10-14-3-5-17-6-4-14/h13-15,17H,3-12H2,1-2H3. The SMILES string of the molecule is CC(C)CN1CC2CN(CC3CCNCC3)CCN2C1=O. The zero-order chi connectivity index (χ0) is 14.8. The van der Waals surface area contributed by atoms with Crippen LogP contribution >= 0.6 is 0 Å². The number of piperazine rings is 1. The summed E-state index contributed by atoms with van der Waals surface area (Å²) in [7, 11) is 0. The van der Waals surface area contributed by atoms with Crippen LogP contribution in [0.2, 0.25) is 0 Å². The van der Waals surface area contributed by atoms with Gasteiger partial charge in [0.05, 0.1) is 6.04 Å². The summed E-state index contributed by atoms with van der Waals surface area (Å²) in [5, 5.41) is 3.44. The maximum absolute atomic E-state index is 12.4. The Balaban J connectivity index is 1.52. The fourth-order valence-electron chi connectivity index (χ4n) is 4.03. The maximum Gasteiger partial charge on any atom is 0.320 e. The largest absolute Gasteiger partial charge is 0.322 e. The molecule has 1 atom stereocenters. The molecule has 2 amide bonds. The third-order valence-electron chi connectivity index (χ3n) is 5.07. The van der Waals surface area contributed by atoms with Crippen LogP contribution in [0.5, 0.6) is 0 Å². The lowest BCUT2D eigenvalue weighted by atomic mass is 9.97. The third-order valence-corrected chi connectivity index (χ3v) is 5.07. The zero-order valence-electron chi connectivity index (χ0n) is 13.6. The second kappa shape index (κ2) is 6.53. The molecular formula is C16H30N4O. The van der Waals surface area contributed by atoms with E-state index in [1.807, 2.05) is 0 Å². The molecule has 21 heavy (non-hydrogen) atoms. The molecular weight excluding hydrogens is 264 g/mol. The molecule has 3 aliphatic heterocycles. The summed E-state index contributed by atoms with van der Waals surface area (Å²) in [6.07, 6.45) is 2.62. The smallest absolute Gasteiger partial charge is 0.320 e. The molecule has 0 radical (unpaired) electrons. The Morgan fingerprint density at radius 1 is 1.19 bits per heavy atom. The highest BCUT2D eigenvalue weighted by Crippen LogP contribution is 2.23. The Kier molecular flexibility index (Phi) is 4.69. The first-order chi connectivity index (χ1) is 10.1. The van der Waals surface area contributed by atoms with Crippen LogP contribution in [0.15, 0.2) is 0 Å². The summed E-state index contributed by atoms with van der Waals surface area (Å²) in [4.78, 5) is 19.2. The second-order valence-corrected chi connectivity index (χ2v) is 7.38. The first kappa shape index (κ1) is 15.1. The molecule has 0 aromatic heterocycles. The van der Waals surface area contributed by atoms with Gasteiger partial charge in [0.15, 0.2) is 0 Å². The number of hydrogen-bond acceptors (Lipinski definition) is 3. The highest BCUT2D eigenvalue weighted by atomic mass is 16.2. The van der Waals surface area contributed by atoms with E-state index in [1.165, 1.54) is 32.5 Å². The Morgan fingerprint density at radius 3 is 2.67 bits per heavy atom. The zero-order valence-corrected chi connectivity index (χ0v) is 13.6. The van der Waals surface area contributed by atoms with Crippen molar-refractivity contribution in [2.75, 3.05) is 52.4 Å². The number of amides is 2. The number of carbonyl (C=O) groups excluding carboxylic acids is 1. The molecule has 3 saturated heterocycles. The lowest BCUT2D eigenvalue weighted by Crippen LogP contribution is -2.53. The van der Waals surface area contributed by atoms with E-state index < -0.39 is 0 Å². The molecule has 0 spiro atoms. The van der Waals surface area contributed by atoms with Gasteiger partial charge in [0, 0.05) is 39.3 Å². The van der Waals surface area contributed by atoms with E-state index in [-0.39, 0.29) is 6.03 Å². The van der Waals surface area contributed by atoms with Crippen molar-refractivity contribution in [1.29, 1.82) is 0 Å². The van der Waals surface area contributed by atoms with E-state index in [4.69, 9.17) is 0 Å². The van der Waals surface area contributed by atoms with Gasteiger partial charge in [0.1, 0.15) is 0 Å². The van der Waals surface area contributed by atoms with Crippen molar-refractivity contribution in [3.05, 3.63) is 0 Å². The molecule has 0 bridgehead atoms. The van der Waals surface area contributed by atoms with Gasteiger partial charge in [-0.3, -0.25) is 4.90 Å². The van der Waals surface area contributed by atoms with Gasteiger partial charge in [-0.05, 0) is 37.8 Å². The van der Waals surface area contributed by atoms with Crippen molar-refractivity contribution in [2.24, 2.45) is 11.8 Å². The molecule has 5 nitrogen and oxygen atoms in total. The van der Waals surface area contributed by atoms with Crippen LogP contribution in [-0.4, -0.2) is 79.1 Å². The quantitative estimate of drug-likeness (QED) is 0.843. The minimum absolute atomic E-state index is 0.273. The van der Waals surface area contributed by atoms with Crippen molar-refractivity contribution in [3.63, 3.8) is 0 Å². The van der Waals surface area contributed by atoms with Gasteiger partial charge >= 0.3 is 6.03 Å². The Hall–Kier alpha value is -0.810. The third kappa shape index (κ3) is 3.51. The minimum Gasteiger partial charge on any atom is -0.322 e. The Morgan fingerprint density at radius 2 is 1.95 bits per heavy atom. The monoisotopic (exact) mass is 294 g/mol. The number of urea groups is 1. The number of hydrogen-bond donors (Lipinski definition) is 1. The molecule has 1 unspecified atom stereocenters. The lowest BCUT2D eigenvalue weighted by molar-refractivity contribution is 0.103. The van der Waals surface area contributed by atoms with Crippen molar-refractivity contribution < 1.29 is 4.79 Å². The van der Waals surface area contributed by atoms with E-state index in [9.17, 15) is 4.79 Å². The lowest BCUT2D eigenvalue weighted by Gasteiger charge is -2.38. The van der Waals surface area contributed by atoms with E-state index in [0.717, 1.165) is 38.6 Å². The first-order valence-electron chi connectivity index (χ1n) is 8.62. The second-order valence-electron chi connectivity index (χ2n) is 7.38. The van der Waals surface area contributed by atoms with Crippen LogP contribution in [-0.2, 0) is 0 Å². The summed E-state index contributed by atoms with van der Waals surface area (Å²) in [6.45, 7) is 12.8. The molecule has 0 aromatic rings. The first-order valence-corrected chi connectivity index (χ1v) is 8.62. The van der Waals surface area contributed by atoms with E-state index in [2.05, 4.69) is 33.9 Å². The highest BCUT2D eigenvalue weighted by molar-refractivity contribution is 5.77. The molecule has 1 N–H and O–H groups in total. The molecule has 3 heterocycles. The van der Waals surface area contributed by atoms with Crippen LogP contribution in [0.1, 0.15) is 26.7 Å². The molecule has 0 saturated carbocycles. The normalized spacial score (nSPS) is 28.5. The summed E-state index contributed by atoms with van der Waals surface area (Å²) in [5.74, 6) is 1.41. The fourth-order valence-corrected chi connectivity index (χ4v) is 4.03. The van der Waals surface area contributed by atoms with Gasteiger partial charge in [0.2, 0.25) is 0 Å². The number of nitrogens with one attached hydrogen (secondary N) is 1. The summed E-state index contributed by atoms with van der Waals surface area (Å²) in [6, 6.07) is 0.696. The van der Waals surface area contributed by atoms with Gasteiger partial charge < -0.3 is 15.1 Å². The van der Waals surface area contributed by atoms with E-state index in [0.29, 0.717) is 12.0 Å². The summed E-state index contributed by atoms with van der Waals surface area (Å²) >= 11 is 0.